The first-order chi connectivity index (χ1) is 57.0. The number of amides is 4. The second-order valence-corrected chi connectivity index (χ2v) is 32.4. The number of benzene rings is 13. The molecule has 12 heteroatoms. The quantitative estimate of drug-likeness (QED) is 0.0653. The van der Waals surface area contributed by atoms with Gasteiger partial charge in [-0.15, -0.1) is 0 Å². The van der Waals surface area contributed by atoms with Crippen LogP contribution in [-0.2, 0) is 31.0 Å². The van der Waals surface area contributed by atoms with E-state index in [1.807, 2.05) is 275 Å². The lowest BCUT2D eigenvalue weighted by Crippen LogP contribution is -2.34. The summed E-state index contributed by atoms with van der Waals surface area (Å²) in [5.74, 6) is 0. The second-order valence-electron chi connectivity index (χ2n) is 32.4. The fraction of sp³-hybridized carbons (Fsp3) is 0.215. The molecule has 4 amide bonds. The van der Waals surface area contributed by atoms with E-state index in [4.69, 9.17) is 18.9 Å². The first kappa shape index (κ1) is 86.5. The van der Waals surface area contributed by atoms with Crippen molar-refractivity contribution in [3.63, 3.8) is 0 Å². The van der Waals surface area contributed by atoms with Crippen molar-refractivity contribution in [2.45, 2.75) is 147 Å². The fourth-order valence-corrected chi connectivity index (χ4v) is 14.2. The van der Waals surface area contributed by atoms with E-state index in [0.717, 1.165) is 120 Å². The molecule has 0 saturated heterocycles. The largest absolute Gasteiger partial charge is 0.445 e. The average molecular weight is 1580 g/mol. The lowest BCUT2D eigenvalue weighted by atomic mass is 9.73. The monoisotopic (exact) mass is 1580 g/mol. The molecule has 0 aliphatic heterocycles. The van der Waals surface area contributed by atoms with Crippen LogP contribution in [0.5, 0.6) is 0 Å². The van der Waals surface area contributed by atoms with Crippen molar-refractivity contribution in [3.8, 4) is 44.5 Å². The third kappa shape index (κ3) is 22.5. The molecule has 13 aromatic carbocycles. The molecule has 1 aliphatic carbocycles. The average Bonchev–Trinajstić information content (AvgIpc) is 1.56. The van der Waals surface area contributed by atoms with Crippen molar-refractivity contribution < 1.29 is 38.1 Å². The zero-order chi connectivity index (χ0) is 85.1. The van der Waals surface area contributed by atoms with E-state index in [9.17, 15) is 19.2 Å². The van der Waals surface area contributed by atoms with Gasteiger partial charge in [-0.25, -0.2) is 38.8 Å². The Bertz CT molecular complexity index is 5560. The predicted molar refractivity (Wildman–Crippen MR) is 492 cm³/mol. The molecule has 13 aromatic rings. The van der Waals surface area contributed by atoms with Crippen molar-refractivity contribution in [1.82, 2.24) is 0 Å². The first-order valence-electron chi connectivity index (χ1n) is 40.7. The van der Waals surface area contributed by atoms with Crippen molar-refractivity contribution in [1.29, 1.82) is 0 Å². The van der Waals surface area contributed by atoms with Crippen LogP contribution in [0.25, 0.3) is 44.5 Å². The minimum absolute atomic E-state index is 0.0560. The second kappa shape index (κ2) is 39.1. The molecule has 0 heterocycles. The van der Waals surface area contributed by atoms with Gasteiger partial charge in [0.1, 0.15) is 24.4 Å². The highest BCUT2D eigenvalue weighted by Gasteiger charge is 2.42. The van der Waals surface area contributed by atoms with E-state index in [0.29, 0.717) is 0 Å². The zero-order valence-electron chi connectivity index (χ0n) is 71.6. The minimum atomic E-state index is -0.582. The van der Waals surface area contributed by atoms with Crippen LogP contribution in [-0.4, -0.2) is 42.2 Å². The van der Waals surface area contributed by atoms with E-state index in [-0.39, 0.29) is 30.8 Å². The maximum Gasteiger partial charge on any atom is 0.419 e. The molecule has 12 nitrogen and oxygen atoms in total. The van der Waals surface area contributed by atoms with Crippen molar-refractivity contribution >= 4 is 69.9 Å². The highest BCUT2D eigenvalue weighted by atomic mass is 16.6. The van der Waals surface area contributed by atoms with E-state index < -0.39 is 23.4 Å². The van der Waals surface area contributed by atoms with Crippen molar-refractivity contribution in [3.05, 3.63) is 383 Å². The minimum Gasteiger partial charge on any atom is -0.445 e. The number of carbonyl (C=O) groups is 4. The maximum absolute atomic E-state index is 13.4. The molecular weight excluding hydrogens is 1470 g/mol. The van der Waals surface area contributed by atoms with Crippen LogP contribution in [0, 0.1) is 55.4 Å². The van der Waals surface area contributed by atoms with Gasteiger partial charge >= 0.3 is 24.4 Å². The molecule has 606 valence electrons. The molecule has 0 bridgehead atoms. The number of carbonyl (C=O) groups excluding carboxylic acids is 4. The smallest absolute Gasteiger partial charge is 0.419 e. The van der Waals surface area contributed by atoms with Crippen molar-refractivity contribution in [2.24, 2.45) is 0 Å². The molecule has 0 fully saturated rings. The summed E-state index contributed by atoms with van der Waals surface area (Å²) in [6.45, 7) is 36.4. The Labute approximate surface area is 704 Å². The molecule has 0 spiro atoms. The maximum atomic E-state index is 13.4. The molecule has 0 radical (unpaired) electrons. The molecule has 0 atom stereocenters. The Morgan fingerprint density at radius 2 is 0.546 bits per heavy atom. The number of anilines is 8. The first-order valence-corrected chi connectivity index (χ1v) is 40.7. The normalized spacial score (nSPS) is 11.6. The summed E-state index contributed by atoms with van der Waals surface area (Å²) in [5, 5.41) is 0. The summed E-state index contributed by atoms with van der Waals surface area (Å²) >= 11 is 0. The van der Waals surface area contributed by atoms with Crippen LogP contribution in [0.15, 0.2) is 322 Å². The van der Waals surface area contributed by atoms with Crippen LogP contribution in [0.3, 0.4) is 0 Å². The van der Waals surface area contributed by atoms with Crippen LogP contribution >= 0.6 is 0 Å². The highest BCUT2D eigenvalue weighted by molar-refractivity contribution is 6.00. The van der Waals surface area contributed by atoms with Crippen LogP contribution in [0.2, 0.25) is 0 Å². The lowest BCUT2D eigenvalue weighted by Gasteiger charge is -2.32. The Morgan fingerprint density at radius 3 is 0.849 bits per heavy atom. The summed E-state index contributed by atoms with van der Waals surface area (Å²) in [6, 6.07) is 104. The summed E-state index contributed by atoms with van der Waals surface area (Å²) in [7, 11) is 0. The number of fused-ring (bicyclic) bond motifs is 3. The van der Waals surface area contributed by atoms with Gasteiger partial charge in [0, 0.05) is 5.41 Å². The van der Waals surface area contributed by atoms with Gasteiger partial charge < -0.3 is 18.9 Å². The lowest BCUT2D eigenvalue weighted by molar-refractivity contribution is 0.0588. The standard InChI is InChI=1S/C30H35NO2.C28H25NO2.C25H27NO2.C24H23NO2/c1-8-30(9-2)26-18-21(4)12-16-24(26)25-17-15-23(19-27(25)30)31(28(32)33-29(5,6)7)22-13-10-20(3)11-14-22;1-21-8-12-24(13-9-21)25-14-18-27(19-15-25)29(26-16-10-22(2)11-17-26)28(30)31-20-23-6-4-3-5-7-23;1-18-6-10-20(11-7-18)21-12-16-23(17-13-21)26(24(27)28-25(3,4)5)22-14-8-19(2)9-15-22;1-4-17-27-24(26)25(22-13-7-19(3)8-14-22)23-15-11-21(12-16-23)20-9-5-18(2)6-10-20/h10-19H,8-9H2,1-7H3;3-19H,20H2,1-2H3;6-17H,1-5H3;4-16H,1,17H2,2-3H3. The Hall–Kier alpha value is -13.3. The fourth-order valence-electron chi connectivity index (χ4n) is 14.2. The topological polar surface area (TPSA) is 118 Å². The van der Waals surface area contributed by atoms with Gasteiger partial charge in [0.15, 0.2) is 0 Å². The molecule has 1 aliphatic rings. The summed E-state index contributed by atoms with van der Waals surface area (Å²) in [6.07, 6.45) is 1.99. The number of hydrogen-bond acceptors (Lipinski definition) is 8. The van der Waals surface area contributed by atoms with Gasteiger partial charge in [0.25, 0.3) is 0 Å². The summed E-state index contributed by atoms with van der Waals surface area (Å²) < 4.78 is 22.4. The van der Waals surface area contributed by atoms with Gasteiger partial charge in [-0.05, 0) is 268 Å². The summed E-state index contributed by atoms with van der Waals surface area (Å²) in [4.78, 5) is 58.6. The van der Waals surface area contributed by atoms with Crippen molar-refractivity contribution in [2.75, 3.05) is 26.2 Å². The van der Waals surface area contributed by atoms with E-state index in [1.165, 1.54) is 44.5 Å². The van der Waals surface area contributed by atoms with Crippen LogP contribution in [0.1, 0.15) is 129 Å². The third-order valence-corrected chi connectivity index (χ3v) is 20.7. The van der Waals surface area contributed by atoms with Gasteiger partial charge in [0.05, 0.1) is 45.5 Å². The molecule has 0 saturated carbocycles. The van der Waals surface area contributed by atoms with Gasteiger partial charge in [0.2, 0.25) is 0 Å². The molecule has 0 N–H and O–H groups in total. The molecular formula is C107H110N4O8. The van der Waals surface area contributed by atoms with Gasteiger partial charge in [-0.1, -0.05) is 283 Å². The molecule has 0 aromatic heterocycles. The third-order valence-electron chi connectivity index (χ3n) is 20.7. The molecule has 0 unspecified atom stereocenters. The van der Waals surface area contributed by atoms with Crippen LogP contribution in [0.4, 0.5) is 64.7 Å². The Morgan fingerprint density at radius 1 is 0.303 bits per heavy atom. The molecule has 14 rings (SSSR count). The summed E-state index contributed by atoms with van der Waals surface area (Å²) in [5.41, 5.74) is 27.5. The Balaban J connectivity index is 0.000000156. The van der Waals surface area contributed by atoms with Gasteiger partial charge in [-0.3, -0.25) is 0 Å². The Kier molecular flexibility index (Phi) is 28.4. The number of rotatable bonds is 17. The van der Waals surface area contributed by atoms with E-state index in [2.05, 4.69) is 151 Å². The van der Waals surface area contributed by atoms with Gasteiger partial charge in [-0.2, -0.15) is 0 Å². The zero-order valence-corrected chi connectivity index (χ0v) is 71.6. The van der Waals surface area contributed by atoms with E-state index in [1.54, 1.807) is 25.7 Å². The predicted octanol–water partition coefficient (Wildman–Crippen LogP) is 29.4. The number of ether oxygens (including phenoxy) is 4. The number of aryl methyl sites for hydroxylation is 8. The van der Waals surface area contributed by atoms with E-state index >= 15 is 0 Å². The number of hydrogen-bond donors (Lipinski definition) is 0. The highest BCUT2D eigenvalue weighted by Crippen LogP contribution is 2.54. The SMILES string of the molecule is C=CCOC(=O)N(c1ccc(C)cc1)c1ccc(-c2ccc(C)cc2)cc1.CCC1(CC)c2cc(C)ccc2-c2ccc(N(C(=O)OC(C)(C)C)c3ccc(C)cc3)cc21.Cc1ccc(-c2ccc(N(C(=O)OC(C)(C)C)c3ccc(C)cc3)cc2)cc1.Cc1ccc(-c2ccc(N(C(=O)OCc3ccccc3)c3ccc(C)cc3)cc2)cc1. The number of nitrogens with zero attached hydrogens (tertiary/aromatic N) is 4. The molecule has 119 heavy (non-hydrogen) atoms. The van der Waals surface area contributed by atoms with Crippen LogP contribution < -0.4 is 19.6 Å².